The van der Waals surface area contributed by atoms with Crippen LogP contribution in [0.1, 0.15) is 0 Å². The fourth-order valence-corrected chi connectivity index (χ4v) is 1.47. The number of halogens is 4. The molecule has 0 aromatic heterocycles. The Morgan fingerprint density at radius 3 is 2.33 bits per heavy atom. The largest absolute Gasteiger partial charge is 0.573 e. The summed E-state index contributed by atoms with van der Waals surface area (Å²) < 4.78 is 39.9. The fraction of sp³-hybridized carbons (Fsp3) is 0.333. The molecule has 0 heterocycles. The van der Waals surface area contributed by atoms with Crippen molar-refractivity contribution in [3.8, 4) is 5.75 Å². The van der Waals surface area contributed by atoms with E-state index in [4.69, 9.17) is 11.6 Å². The van der Waals surface area contributed by atoms with Gasteiger partial charge in [0.25, 0.3) is 0 Å². The van der Waals surface area contributed by atoms with Crippen molar-refractivity contribution in [1.29, 1.82) is 0 Å². The highest BCUT2D eigenvalue weighted by Gasteiger charge is 2.32. The maximum Gasteiger partial charge on any atom is 0.573 e. The second kappa shape index (κ2) is 4.18. The van der Waals surface area contributed by atoms with Crippen LogP contribution < -0.4 is 9.64 Å². The van der Waals surface area contributed by atoms with Gasteiger partial charge in [0, 0.05) is 14.1 Å². The van der Waals surface area contributed by atoms with Crippen molar-refractivity contribution in [3.05, 3.63) is 23.2 Å². The van der Waals surface area contributed by atoms with Crippen LogP contribution in [-0.2, 0) is 0 Å². The monoisotopic (exact) mass is 239 g/mol. The molecule has 0 saturated heterocycles. The number of hydrogen-bond donors (Lipinski definition) is 0. The van der Waals surface area contributed by atoms with Crippen molar-refractivity contribution in [2.75, 3.05) is 19.0 Å². The van der Waals surface area contributed by atoms with E-state index in [1.165, 1.54) is 23.1 Å². The van der Waals surface area contributed by atoms with Crippen LogP contribution in [0.3, 0.4) is 0 Å². The Morgan fingerprint density at radius 2 is 1.87 bits per heavy atom. The Balaban J connectivity index is 3.12. The predicted molar refractivity (Wildman–Crippen MR) is 52.5 cm³/mol. The zero-order chi connectivity index (χ0) is 11.6. The van der Waals surface area contributed by atoms with Gasteiger partial charge in [-0.25, -0.2) is 0 Å². The van der Waals surface area contributed by atoms with Gasteiger partial charge in [0.1, 0.15) is 0 Å². The third-order valence-electron chi connectivity index (χ3n) is 1.62. The molecule has 0 fully saturated rings. The van der Waals surface area contributed by atoms with E-state index in [1.54, 1.807) is 14.1 Å². The molecule has 1 aromatic carbocycles. The summed E-state index contributed by atoms with van der Waals surface area (Å²) in [6.45, 7) is 0. The molecular formula is C9H9ClF3NO. The summed E-state index contributed by atoms with van der Waals surface area (Å²) in [6.07, 6.45) is -4.71. The van der Waals surface area contributed by atoms with E-state index in [2.05, 4.69) is 4.74 Å². The van der Waals surface area contributed by atoms with Gasteiger partial charge in [0.05, 0.1) is 10.7 Å². The molecule has 1 aromatic rings. The van der Waals surface area contributed by atoms with Crippen molar-refractivity contribution >= 4 is 17.3 Å². The lowest BCUT2D eigenvalue weighted by molar-refractivity contribution is -0.274. The summed E-state index contributed by atoms with van der Waals surface area (Å²) in [6, 6.07) is 4.12. The molecule has 0 saturated carbocycles. The van der Waals surface area contributed by atoms with Crippen LogP contribution in [0.15, 0.2) is 18.2 Å². The van der Waals surface area contributed by atoms with E-state index >= 15 is 0 Å². The first-order valence-corrected chi connectivity index (χ1v) is 4.40. The summed E-state index contributed by atoms with van der Waals surface area (Å²) in [5.74, 6) is -0.306. The zero-order valence-corrected chi connectivity index (χ0v) is 8.86. The van der Waals surface area contributed by atoms with Gasteiger partial charge in [0.2, 0.25) is 0 Å². The number of benzene rings is 1. The summed E-state index contributed by atoms with van der Waals surface area (Å²) >= 11 is 5.76. The topological polar surface area (TPSA) is 12.5 Å². The highest BCUT2D eigenvalue weighted by molar-refractivity contribution is 6.33. The average molecular weight is 240 g/mol. The molecule has 2 nitrogen and oxygen atoms in total. The minimum absolute atomic E-state index is 0.205. The van der Waals surface area contributed by atoms with Crippen molar-refractivity contribution in [2.24, 2.45) is 0 Å². The van der Waals surface area contributed by atoms with Crippen LogP contribution in [0, 0.1) is 0 Å². The van der Waals surface area contributed by atoms with Crippen molar-refractivity contribution in [3.63, 3.8) is 0 Å². The molecule has 0 aliphatic heterocycles. The summed E-state index contributed by atoms with van der Waals surface area (Å²) in [4.78, 5) is 1.46. The third-order valence-corrected chi connectivity index (χ3v) is 1.93. The number of anilines is 1. The van der Waals surface area contributed by atoms with Crippen LogP contribution in [0.5, 0.6) is 5.75 Å². The summed E-state index contributed by atoms with van der Waals surface area (Å²) in [5.41, 5.74) is 0.205. The van der Waals surface area contributed by atoms with Crippen LogP contribution >= 0.6 is 11.6 Å². The van der Waals surface area contributed by atoms with Crippen molar-refractivity contribution in [2.45, 2.75) is 6.36 Å². The average Bonchev–Trinajstić information content (AvgIpc) is 1.99. The van der Waals surface area contributed by atoms with Crippen LogP contribution in [0.4, 0.5) is 18.9 Å². The molecular weight excluding hydrogens is 231 g/mol. The lowest BCUT2D eigenvalue weighted by Crippen LogP contribution is -2.20. The van der Waals surface area contributed by atoms with Crippen LogP contribution in [0.2, 0.25) is 5.02 Å². The molecule has 0 N–H and O–H groups in total. The van der Waals surface area contributed by atoms with E-state index in [9.17, 15) is 13.2 Å². The number of nitrogens with zero attached hydrogens (tertiary/aromatic N) is 1. The molecule has 6 heteroatoms. The van der Waals surface area contributed by atoms with Gasteiger partial charge in [-0.15, -0.1) is 13.2 Å². The maximum absolute atomic E-state index is 12.0. The Morgan fingerprint density at radius 1 is 1.27 bits per heavy atom. The van der Waals surface area contributed by atoms with Gasteiger partial charge in [0.15, 0.2) is 5.75 Å². The zero-order valence-electron chi connectivity index (χ0n) is 8.10. The molecule has 0 amide bonds. The third kappa shape index (κ3) is 3.20. The highest BCUT2D eigenvalue weighted by atomic mass is 35.5. The van der Waals surface area contributed by atoms with Gasteiger partial charge in [-0.2, -0.15) is 0 Å². The molecule has 84 valence electrons. The second-order valence-electron chi connectivity index (χ2n) is 3.03. The second-order valence-corrected chi connectivity index (χ2v) is 3.44. The smallest absolute Gasteiger partial charge is 0.404 e. The van der Waals surface area contributed by atoms with Crippen molar-refractivity contribution in [1.82, 2.24) is 0 Å². The lowest BCUT2D eigenvalue weighted by Gasteiger charge is -2.19. The van der Waals surface area contributed by atoms with Gasteiger partial charge >= 0.3 is 6.36 Å². The van der Waals surface area contributed by atoms with E-state index in [0.717, 1.165) is 0 Å². The molecule has 0 aliphatic carbocycles. The molecule has 0 atom stereocenters. The molecule has 0 spiro atoms. The molecule has 0 unspecified atom stereocenters. The molecule has 0 radical (unpaired) electrons. The fourth-order valence-electron chi connectivity index (χ4n) is 1.14. The maximum atomic E-state index is 12.0. The molecule has 0 bridgehead atoms. The van der Waals surface area contributed by atoms with Crippen LogP contribution in [-0.4, -0.2) is 20.5 Å². The predicted octanol–water partition coefficient (Wildman–Crippen LogP) is 3.30. The Hall–Kier alpha value is -1.10. The van der Waals surface area contributed by atoms with Crippen molar-refractivity contribution < 1.29 is 17.9 Å². The molecule has 1 rings (SSSR count). The van der Waals surface area contributed by atoms with E-state index in [1.807, 2.05) is 0 Å². The van der Waals surface area contributed by atoms with Gasteiger partial charge in [-0.1, -0.05) is 17.7 Å². The normalized spacial score (nSPS) is 11.3. The standard InChI is InChI=1S/C9H9ClF3NO/c1-14(2)8-6(10)4-3-5-7(8)15-9(11,12)13/h3-5H,1-2H3. The summed E-state index contributed by atoms with van der Waals surface area (Å²) in [5, 5.41) is 0.210. The Bertz CT molecular complexity index is 352. The van der Waals surface area contributed by atoms with Gasteiger partial charge < -0.3 is 9.64 Å². The SMILES string of the molecule is CN(C)c1c(Cl)cccc1OC(F)(F)F. The summed E-state index contributed by atoms with van der Waals surface area (Å²) in [7, 11) is 3.18. The first-order chi connectivity index (χ1) is 6.81. The molecule has 15 heavy (non-hydrogen) atoms. The van der Waals surface area contributed by atoms with Crippen LogP contribution in [0.25, 0.3) is 0 Å². The van der Waals surface area contributed by atoms with E-state index in [-0.39, 0.29) is 16.5 Å². The Labute approximate surface area is 90.2 Å². The first-order valence-electron chi connectivity index (χ1n) is 4.03. The number of rotatable bonds is 2. The number of para-hydroxylation sites is 1. The van der Waals surface area contributed by atoms with E-state index < -0.39 is 6.36 Å². The van der Waals surface area contributed by atoms with Gasteiger partial charge in [-0.3, -0.25) is 0 Å². The highest BCUT2D eigenvalue weighted by Crippen LogP contribution is 2.37. The lowest BCUT2D eigenvalue weighted by atomic mass is 10.3. The minimum atomic E-state index is -4.71. The number of hydrogen-bond acceptors (Lipinski definition) is 2. The Kier molecular flexibility index (Phi) is 3.34. The quantitative estimate of drug-likeness (QED) is 0.785. The minimum Gasteiger partial charge on any atom is -0.404 e. The number of alkyl halides is 3. The van der Waals surface area contributed by atoms with Gasteiger partial charge in [-0.05, 0) is 12.1 Å². The molecule has 0 aliphatic rings. The van der Waals surface area contributed by atoms with E-state index in [0.29, 0.717) is 0 Å². The first kappa shape index (κ1) is 12.0. The number of ether oxygens (including phenoxy) is 1.